The highest BCUT2D eigenvalue weighted by Gasteiger charge is 2.10. The topological polar surface area (TPSA) is 17.1 Å². The summed E-state index contributed by atoms with van der Waals surface area (Å²) in [6.45, 7) is 3.14. The monoisotopic (exact) mass is 244 g/mol. The Labute approximate surface area is 85.1 Å². The van der Waals surface area contributed by atoms with Crippen LogP contribution in [-0.2, 0) is 11.2 Å². The second-order valence-electron chi connectivity index (χ2n) is 3.04. The molecule has 1 aromatic carbocycles. The lowest BCUT2D eigenvalue weighted by Gasteiger charge is -2.05. The van der Waals surface area contributed by atoms with Crippen molar-refractivity contribution in [2.45, 2.75) is 20.3 Å². The zero-order valence-electron chi connectivity index (χ0n) is 7.53. The average Bonchev–Trinajstić information content (AvgIpc) is 2.05. The standard InChI is InChI=1S/C10H10BrFO/c1-6-3-4-9(11)8(10(6)12)5-7(2)13/h3-4H,5H2,1-2H3. The van der Waals surface area contributed by atoms with Crippen molar-refractivity contribution in [2.75, 3.05) is 0 Å². The van der Waals surface area contributed by atoms with E-state index in [0.29, 0.717) is 15.6 Å². The van der Waals surface area contributed by atoms with E-state index in [-0.39, 0.29) is 18.0 Å². The van der Waals surface area contributed by atoms with Gasteiger partial charge in [-0.3, -0.25) is 4.79 Å². The minimum atomic E-state index is -0.287. The summed E-state index contributed by atoms with van der Waals surface area (Å²) < 4.78 is 14.1. The quantitative estimate of drug-likeness (QED) is 0.782. The number of Topliss-reactive ketones (excluding diaryl/α,β-unsaturated/α-hetero) is 1. The second-order valence-corrected chi connectivity index (χ2v) is 3.89. The SMILES string of the molecule is CC(=O)Cc1c(Br)ccc(C)c1F. The number of hydrogen-bond acceptors (Lipinski definition) is 1. The number of hydrogen-bond donors (Lipinski definition) is 0. The highest BCUT2D eigenvalue weighted by molar-refractivity contribution is 9.10. The molecule has 0 aliphatic rings. The van der Waals surface area contributed by atoms with Crippen molar-refractivity contribution in [3.05, 3.63) is 33.5 Å². The van der Waals surface area contributed by atoms with Gasteiger partial charge in [-0.15, -0.1) is 0 Å². The average molecular weight is 245 g/mol. The van der Waals surface area contributed by atoms with E-state index in [1.807, 2.05) is 0 Å². The predicted molar refractivity (Wildman–Crippen MR) is 53.2 cm³/mol. The lowest BCUT2D eigenvalue weighted by molar-refractivity contribution is -0.116. The maximum absolute atomic E-state index is 13.4. The molecule has 0 atom stereocenters. The molecule has 0 saturated carbocycles. The highest BCUT2D eigenvalue weighted by Crippen LogP contribution is 2.22. The van der Waals surface area contributed by atoms with Crippen LogP contribution in [-0.4, -0.2) is 5.78 Å². The van der Waals surface area contributed by atoms with Gasteiger partial charge in [-0.1, -0.05) is 22.0 Å². The smallest absolute Gasteiger partial charge is 0.134 e. The van der Waals surface area contributed by atoms with Crippen LogP contribution in [0.25, 0.3) is 0 Å². The number of carbonyl (C=O) groups excluding carboxylic acids is 1. The Balaban J connectivity index is 3.17. The Kier molecular flexibility index (Phi) is 3.20. The number of carbonyl (C=O) groups is 1. The van der Waals surface area contributed by atoms with Crippen molar-refractivity contribution < 1.29 is 9.18 Å². The van der Waals surface area contributed by atoms with Gasteiger partial charge in [0.1, 0.15) is 11.6 Å². The van der Waals surface area contributed by atoms with E-state index in [0.717, 1.165) is 0 Å². The van der Waals surface area contributed by atoms with Crippen molar-refractivity contribution >= 4 is 21.7 Å². The third-order valence-corrected chi connectivity index (χ3v) is 2.55. The van der Waals surface area contributed by atoms with E-state index >= 15 is 0 Å². The first-order valence-corrected chi connectivity index (χ1v) is 4.74. The fourth-order valence-electron chi connectivity index (χ4n) is 1.13. The molecule has 0 aliphatic heterocycles. The molecule has 0 bridgehead atoms. The van der Waals surface area contributed by atoms with Crippen molar-refractivity contribution in [2.24, 2.45) is 0 Å². The van der Waals surface area contributed by atoms with E-state index in [1.165, 1.54) is 6.92 Å². The maximum atomic E-state index is 13.4. The molecular weight excluding hydrogens is 235 g/mol. The molecule has 0 fully saturated rings. The summed E-state index contributed by atoms with van der Waals surface area (Å²) >= 11 is 3.22. The first-order valence-electron chi connectivity index (χ1n) is 3.95. The number of rotatable bonds is 2. The molecule has 0 spiro atoms. The fraction of sp³-hybridized carbons (Fsp3) is 0.300. The molecule has 0 unspecified atom stereocenters. The first kappa shape index (κ1) is 10.4. The molecule has 13 heavy (non-hydrogen) atoms. The molecule has 0 N–H and O–H groups in total. The van der Waals surface area contributed by atoms with Crippen molar-refractivity contribution in [3.8, 4) is 0 Å². The summed E-state index contributed by atoms with van der Waals surface area (Å²) in [5.41, 5.74) is 1.02. The van der Waals surface area contributed by atoms with Crippen LogP contribution in [0.15, 0.2) is 16.6 Å². The van der Waals surface area contributed by atoms with Crippen LogP contribution < -0.4 is 0 Å². The zero-order valence-corrected chi connectivity index (χ0v) is 9.11. The van der Waals surface area contributed by atoms with E-state index in [1.54, 1.807) is 19.1 Å². The molecule has 1 aromatic rings. The van der Waals surface area contributed by atoms with Gasteiger partial charge in [0, 0.05) is 16.5 Å². The van der Waals surface area contributed by atoms with Crippen LogP contribution in [0.2, 0.25) is 0 Å². The van der Waals surface area contributed by atoms with Gasteiger partial charge in [-0.2, -0.15) is 0 Å². The summed E-state index contributed by atoms with van der Waals surface area (Å²) in [4.78, 5) is 10.8. The van der Waals surface area contributed by atoms with Gasteiger partial charge < -0.3 is 0 Å². The third kappa shape index (κ3) is 2.37. The van der Waals surface area contributed by atoms with E-state index < -0.39 is 0 Å². The number of halogens is 2. The van der Waals surface area contributed by atoms with Gasteiger partial charge >= 0.3 is 0 Å². The number of benzene rings is 1. The van der Waals surface area contributed by atoms with Crippen LogP contribution in [0.1, 0.15) is 18.1 Å². The van der Waals surface area contributed by atoms with E-state index in [9.17, 15) is 9.18 Å². The molecule has 0 saturated heterocycles. The summed E-state index contributed by atoms with van der Waals surface area (Å²) in [6.07, 6.45) is 0.147. The molecule has 0 amide bonds. The van der Waals surface area contributed by atoms with Gasteiger partial charge in [0.2, 0.25) is 0 Å². The van der Waals surface area contributed by atoms with Crippen molar-refractivity contribution in [1.29, 1.82) is 0 Å². The van der Waals surface area contributed by atoms with Gasteiger partial charge in [0.25, 0.3) is 0 Å². The van der Waals surface area contributed by atoms with Gasteiger partial charge in [0.05, 0.1) is 0 Å². The van der Waals surface area contributed by atoms with Gasteiger partial charge in [-0.25, -0.2) is 4.39 Å². The van der Waals surface area contributed by atoms with Crippen LogP contribution in [0, 0.1) is 12.7 Å². The van der Waals surface area contributed by atoms with Gasteiger partial charge in [0.15, 0.2) is 0 Å². The number of aryl methyl sites for hydroxylation is 1. The molecule has 1 nitrogen and oxygen atoms in total. The lowest BCUT2D eigenvalue weighted by Crippen LogP contribution is -2.02. The van der Waals surface area contributed by atoms with Crippen LogP contribution >= 0.6 is 15.9 Å². The molecule has 1 rings (SSSR count). The molecular formula is C10H10BrFO. The Morgan fingerprint density at radius 1 is 1.54 bits per heavy atom. The fourth-order valence-corrected chi connectivity index (χ4v) is 1.57. The van der Waals surface area contributed by atoms with Crippen LogP contribution in [0.5, 0.6) is 0 Å². The third-order valence-electron chi connectivity index (χ3n) is 1.80. The summed E-state index contributed by atoms with van der Waals surface area (Å²) in [5, 5.41) is 0. The Hall–Kier alpha value is -0.700. The molecule has 70 valence electrons. The van der Waals surface area contributed by atoms with Crippen LogP contribution in [0.3, 0.4) is 0 Å². The second kappa shape index (κ2) is 4.01. The van der Waals surface area contributed by atoms with E-state index in [4.69, 9.17) is 0 Å². The van der Waals surface area contributed by atoms with Crippen molar-refractivity contribution in [3.63, 3.8) is 0 Å². The number of ketones is 1. The molecule has 0 heterocycles. The molecule has 0 radical (unpaired) electrons. The highest BCUT2D eigenvalue weighted by atomic mass is 79.9. The summed E-state index contributed by atoms with van der Waals surface area (Å²) in [6, 6.07) is 3.44. The Bertz CT molecular complexity index is 347. The largest absolute Gasteiger partial charge is 0.300 e. The first-order chi connectivity index (χ1) is 6.02. The summed E-state index contributed by atoms with van der Waals surface area (Å²) in [5.74, 6) is -0.324. The Morgan fingerprint density at radius 2 is 2.15 bits per heavy atom. The molecule has 0 aliphatic carbocycles. The minimum Gasteiger partial charge on any atom is -0.300 e. The zero-order chi connectivity index (χ0) is 10.0. The maximum Gasteiger partial charge on any atom is 0.134 e. The van der Waals surface area contributed by atoms with Crippen LogP contribution in [0.4, 0.5) is 4.39 Å². The molecule has 0 aromatic heterocycles. The van der Waals surface area contributed by atoms with Crippen molar-refractivity contribution in [1.82, 2.24) is 0 Å². The summed E-state index contributed by atoms with van der Waals surface area (Å²) in [7, 11) is 0. The lowest BCUT2D eigenvalue weighted by atomic mass is 10.1. The predicted octanol–water partition coefficient (Wildman–Crippen LogP) is 3.03. The molecule has 3 heteroatoms. The van der Waals surface area contributed by atoms with E-state index in [2.05, 4.69) is 15.9 Å². The van der Waals surface area contributed by atoms with Gasteiger partial charge in [-0.05, 0) is 25.5 Å². The Morgan fingerprint density at radius 3 is 2.69 bits per heavy atom. The minimum absolute atomic E-state index is 0.0369. The normalized spacial score (nSPS) is 10.2.